The van der Waals surface area contributed by atoms with Gasteiger partial charge in [0.05, 0.1) is 18.2 Å². The normalized spacial score (nSPS) is 10.5. The zero-order valence-electron chi connectivity index (χ0n) is 14.3. The Morgan fingerprint density at radius 3 is 2.72 bits per heavy atom. The molecule has 128 valence electrons. The highest BCUT2D eigenvalue weighted by molar-refractivity contribution is 5.91. The van der Waals surface area contributed by atoms with E-state index in [1.165, 1.54) is 0 Å². The van der Waals surface area contributed by atoms with Gasteiger partial charge in [-0.3, -0.25) is 0 Å². The van der Waals surface area contributed by atoms with Gasteiger partial charge in [-0.1, -0.05) is 35.0 Å². The summed E-state index contributed by atoms with van der Waals surface area (Å²) in [6, 6.07) is 12.9. The number of nitrogens with zero attached hydrogens (tertiary/aromatic N) is 2. The molecule has 0 atom stereocenters. The molecule has 0 bridgehead atoms. The van der Waals surface area contributed by atoms with Crippen molar-refractivity contribution in [1.29, 1.82) is 0 Å². The molecule has 1 aromatic heterocycles. The minimum absolute atomic E-state index is 0.0890. The topological polar surface area (TPSA) is 74.5 Å². The summed E-state index contributed by atoms with van der Waals surface area (Å²) >= 11 is 0. The highest BCUT2D eigenvalue weighted by Gasteiger charge is 2.15. The van der Waals surface area contributed by atoms with E-state index in [1.54, 1.807) is 13.2 Å². The second kappa shape index (κ2) is 7.17. The predicted octanol–water partition coefficient (Wildman–Crippen LogP) is 3.72. The van der Waals surface area contributed by atoms with Crippen LogP contribution in [-0.2, 0) is 11.3 Å². The van der Waals surface area contributed by atoms with Crippen LogP contribution in [0, 0.1) is 13.8 Å². The van der Waals surface area contributed by atoms with Crippen molar-refractivity contribution in [2.75, 3.05) is 7.11 Å². The molecule has 0 amide bonds. The Hall–Kier alpha value is -3.15. The van der Waals surface area contributed by atoms with Gasteiger partial charge in [0.25, 0.3) is 5.89 Å². The van der Waals surface area contributed by atoms with Crippen LogP contribution in [0.5, 0.6) is 5.75 Å². The van der Waals surface area contributed by atoms with E-state index in [0.29, 0.717) is 22.7 Å². The third-order valence-corrected chi connectivity index (χ3v) is 3.74. The Labute approximate surface area is 145 Å². The second-order valence-corrected chi connectivity index (χ2v) is 5.61. The third-order valence-electron chi connectivity index (χ3n) is 3.74. The van der Waals surface area contributed by atoms with Crippen LogP contribution in [0.1, 0.15) is 27.4 Å². The third kappa shape index (κ3) is 3.68. The molecular weight excluding hydrogens is 320 g/mol. The summed E-state index contributed by atoms with van der Waals surface area (Å²) in [6.07, 6.45) is 0. The van der Waals surface area contributed by atoms with Gasteiger partial charge < -0.3 is 14.0 Å². The first-order valence-electron chi connectivity index (χ1n) is 7.79. The lowest BCUT2D eigenvalue weighted by molar-refractivity contribution is 0.0429. The van der Waals surface area contributed by atoms with Gasteiger partial charge in [0, 0.05) is 0 Å². The number of carbonyl (C=O) groups is 1. The van der Waals surface area contributed by atoms with Crippen LogP contribution in [-0.4, -0.2) is 23.2 Å². The van der Waals surface area contributed by atoms with Gasteiger partial charge in [-0.05, 0) is 37.6 Å². The van der Waals surface area contributed by atoms with Crippen LogP contribution in [0.25, 0.3) is 11.4 Å². The maximum atomic E-state index is 12.2. The molecule has 0 saturated carbocycles. The van der Waals surface area contributed by atoms with Crippen molar-refractivity contribution >= 4 is 5.97 Å². The Morgan fingerprint density at radius 1 is 1.16 bits per heavy atom. The summed E-state index contributed by atoms with van der Waals surface area (Å²) in [6.45, 7) is 3.75. The number of para-hydroxylation sites is 1. The van der Waals surface area contributed by atoms with Crippen molar-refractivity contribution in [3.8, 4) is 17.1 Å². The number of methoxy groups -OCH3 is 1. The van der Waals surface area contributed by atoms with Crippen molar-refractivity contribution in [3.63, 3.8) is 0 Å². The Bertz CT molecular complexity index is 902. The standard InChI is InChI=1S/C19H18N2O4/c1-12-8-9-14(13(2)10-12)19(22)24-11-17-20-18(21-25-17)15-6-4-5-7-16(15)23-3/h4-10H,11H2,1-3H3. The van der Waals surface area contributed by atoms with Crippen LogP contribution in [0.2, 0.25) is 0 Å². The molecule has 0 fully saturated rings. The van der Waals surface area contributed by atoms with Crippen LogP contribution in [0.4, 0.5) is 0 Å². The molecule has 2 aromatic carbocycles. The molecule has 1 heterocycles. The van der Waals surface area contributed by atoms with Crippen molar-refractivity contribution in [1.82, 2.24) is 10.1 Å². The van der Waals surface area contributed by atoms with Crippen molar-refractivity contribution in [2.24, 2.45) is 0 Å². The van der Waals surface area contributed by atoms with Crippen LogP contribution in [0.15, 0.2) is 47.0 Å². The van der Waals surface area contributed by atoms with Crippen LogP contribution in [0.3, 0.4) is 0 Å². The van der Waals surface area contributed by atoms with E-state index >= 15 is 0 Å². The molecule has 0 unspecified atom stereocenters. The van der Waals surface area contributed by atoms with Gasteiger partial charge >= 0.3 is 5.97 Å². The first-order valence-corrected chi connectivity index (χ1v) is 7.79. The van der Waals surface area contributed by atoms with Gasteiger partial charge in [0.1, 0.15) is 5.75 Å². The Kier molecular flexibility index (Phi) is 4.79. The summed E-state index contributed by atoms with van der Waals surface area (Å²) in [5, 5.41) is 3.92. The summed E-state index contributed by atoms with van der Waals surface area (Å²) in [7, 11) is 1.57. The average Bonchev–Trinajstić information content (AvgIpc) is 3.08. The van der Waals surface area contributed by atoms with E-state index in [0.717, 1.165) is 11.1 Å². The fraction of sp³-hybridized carbons (Fsp3) is 0.211. The van der Waals surface area contributed by atoms with E-state index in [4.69, 9.17) is 14.0 Å². The number of rotatable bonds is 5. The summed E-state index contributed by atoms with van der Waals surface area (Å²) in [4.78, 5) is 16.5. The molecule has 0 radical (unpaired) electrons. The van der Waals surface area contributed by atoms with Gasteiger partial charge in [-0.15, -0.1) is 0 Å². The quantitative estimate of drug-likeness (QED) is 0.660. The number of hydrogen-bond acceptors (Lipinski definition) is 6. The lowest BCUT2D eigenvalue weighted by Gasteiger charge is -2.06. The number of esters is 1. The molecule has 3 rings (SSSR count). The van der Waals surface area contributed by atoms with E-state index < -0.39 is 5.97 Å². The minimum Gasteiger partial charge on any atom is -0.496 e. The van der Waals surface area contributed by atoms with E-state index in [9.17, 15) is 4.79 Å². The molecular formula is C19H18N2O4. The zero-order valence-corrected chi connectivity index (χ0v) is 14.3. The smallest absolute Gasteiger partial charge is 0.338 e. The highest BCUT2D eigenvalue weighted by atomic mass is 16.6. The maximum Gasteiger partial charge on any atom is 0.338 e. The maximum absolute atomic E-state index is 12.2. The highest BCUT2D eigenvalue weighted by Crippen LogP contribution is 2.27. The Morgan fingerprint density at radius 2 is 1.96 bits per heavy atom. The van der Waals surface area contributed by atoms with Crippen molar-refractivity contribution < 1.29 is 18.8 Å². The minimum atomic E-state index is -0.422. The molecule has 0 N–H and O–H groups in total. The lowest BCUT2D eigenvalue weighted by Crippen LogP contribution is -2.07. The van der Waals surface area contributed by atoms with Gasteiger partial charge in [-0.2, -0.15) is 4.98 Å². The largest absolute Gasteiger partial charge is 0.496 e. The molecule has 0 aliphatic heterocycles. The summed E-state index contributed by atoms with van der Waals surface area (Å²) < 4.78 is 15.7. The number of aromatic nitrogens is 2. The van der Waals surface area contributed by atoms with Crippen LogP contribution >= 0.6 is 0 Å². The monoisotopic (exact) mass is 338 g/mol. The van der Waals surface area contributed by atoms with Gasteiger partial charge in [0.2, 0.25) is 5.82 Å². The number of aryl methyl sites for hydroxylation is 2. The molecule has 6 nitrogen and oxygen atoms in total. The molecule has 0 saturated heterocycles. The first kappa shape index (κ1) is 16.7. The Balaban J connectivity index is 1.70. The van der Waals surface area contributed by atoms with E-state index in [-0.39, 0.29) is 12.5 Å². The number of carbonyl (C=O) groups excluding carboxylic acids is 1. The fourth-order valence-corrected chi connectivity index (χ4v) is 2.50. The number of ether oxygens (including phenoxy) is 2. The predicted molar refractivity (Wildman–Crippen MR) is 91.3 cm³/mol. The fourth-order valence-electron chi connectivity index (χ4n) is 2.50. The van der Waals surface area contributed by atoms with Gasteiger partial charge in [-0.25, -0.2) is 4.79 Å². The average molecular weight is 338 g/mol. The molecule has 0 spiro atoms. The number of hydrogen-bond donors (Lipinski definition) is 0. The lowest BCUT2D eigenvalue weighted by atomic mass is 10.1. The molecule has 3 aromatic rings. The number of benzene rings is 2. The summed E-state index contributed by atoms with van der Waals surface area (Å²) in [5.74, 6) is 0.825. The molecule has 0 aliphatic rings. The van der Waals surface area contributed by atoms with E-state index in [2.05, 4.69) is 10.1 Å². The van der Waals surface area contributed by atoms with Gasteiger partial charge in [0.15, 0.2) is 6.61 Å². The SMILES string of the molecule is COc1ccccc1-c1noc(COC(=O)c2ccc(C)cc2C)n1. The molecule has 6 heteroatoms. The second-order valence-electron chi connectivity index (χ2n) is 5.61. The first-order chi connectivity index (χ1) is 12.1. The molecule has 25 heavy (non-hydrogen) atoms. The summed E-state index contributed by atoms with van der Waals surface area (Å²) in [5.41, 5.74) is 3.19. The van der Waals surface area contributed by atoms with Crippen LogP contribution < -0.4 is 4.74 Å². The van der Waals surface area contributed by atoms with E-state index in [1.807, 2.05) is 50.2 Å². The van der Waals surface area contributed by atoms with Crippen molar-refractivity contribution in [2.45, 2.75) is 20.5 Å². The van der Waals surface area contributed by atoms with Crippen molar-refractivity contribution in [3.05, 3.63) is 65.0 Å². The zero-order chi connectivity index (χ0) is 17.8. The molecule has 0 aliphatic carbocycles.